The van der Waals surface area contributed by atoms with Crippen LogP contribution >= 0.6 is 0 Å². The summed E-state index contributed by atoms with van der Waals surface area (Å²) in [7, 11) is 2.13. The second kappa shape index (κ2) is 7.26. The first-order valence-electron chi connectivity index (χ1n) is 8.39. The van der Waals surface area contributed by atoms with Gasteiger partial charge in [-0.1, -0.05) is 61.9 Å². The van der Waals surface area contributed by atoms with Crippen molar-refractivity contribution < 1.29 is 0 Å². The molecule has 1 unspecified atom stereocenters. The van der Waals surface area contributed by atoms with Gasteiger partial charge in [0.1, 0.15) is 0 Å². The van der Waals surface area contributed by atoms with Crippen LogP contribution < -0.4 is 5.32 Å². The van der Waals surface area contributed by atoms with E-state index in [1.54, 1.807) is 0 Å². The van der Waals surface area contributed by atoms with Gasteiger partial charge in [-0.15, -0.1) is 0 Å². The Hall–Kier alpha value is -0.820. The van der Waals surface area contributed by atoms with E-state index in [2.05, 4.69) is 51.3 Å². The van der Waals surface area contributed by atoms with Gasteiger partial charge in [0.25, 0.3) is 0 Å². The minimum atomic E-state index is 0.538. The van der Waals surface area contributed by atoms with Crippen molar-refractivity contribution in [3.63, 3.8) is 0 Å². The van der Waals surface area contributed by atoms with Gasteiger partial charge >= 0.3 is 0 Å². The van der Waals surface area contributed by atoms with Crippen LogP contribution in [0.3, 0.4) is 0 Å². The number of rotatable bonds is 5. The lowest BCUT2D eigenvalue weighted by Gasteiger charge is -2.34. The minimum absolute atomic E-state index is 0.538. The Labute approximate surface area is 125 Å². The number of hydrogen-bond acceptors (Lipinski definition) is 1. The summed E-state index contributed by atoms with van der Waals surface area (Å²) < 4.78 is 0. The summed E-state index contributed by atoms with van der Waals surface area (Å²) in [6.45, 7) is 6.74. The molecular weight excluding hydrogens is 242 g/mol. The van der Waals surface area contributed by atoms with Crippen LogP contribution in [0, 0.1) is 25.7 Å². The zero-order chi connectivity index (χ0) is 14.5. The predicted molar refractivity (Wildman–Crippen MR) is 88.1 cm³/mol. The quantitative estimate of drug-likeness (QED) is 0.780. The average Bonchev–Trinajstić information content (AvgIpc) is 2.41. The molecule has 0 heterocycles. The standard InChI is InChI=1S/C19H31N/c1-5-6-16-7-9-17(10-8-16)19(20-4)18-12-14(2)11-15(3)13-18/h11-13,16-17,19-20H,5-10H2,1-4H3. The van der Waals surface area contributed by atoms with E-state index in [9.17, 15) is 0 Å². The highest BCUT2D eigenvalue weighted by Gasteiger charge is 2.27. The first-order chi connectivity index (χ1) is 9.63. The lowest BCUT2D eigenvalue weighted by molar-refractivity contribution is 0.219. The Morgan fingerprint density at radius 3 is 2.15 bits per heavy atom. The van der Waals surface area contributed by atoms with Crippen LogP contribution in [0.2, 0.25) is 0 Å². The number of nitrogens with one attached hydrogen (secondary N) is 1. The molecule has 0 bridgehead atoms. The molecule has 1 aromatic carbocycles. The van der Waals surface area contributed by atoms with Crippen molar-refractivity contribution in [1.29, 1.82) is 0 Å². The zero-order valence-electron chi connectivity index (χ0n) is 13.7. The van der Waals surface area contributed by atoms with E-state index in [1.807, 2.05) is 0 Å². The van der Waals surface area contributed by atoms with Gasteiger partial charge in [0.2, 0.25) is 0 Å². The van der Waals surface area contributed by atoms with Gasteiger partial charge in [-0.25, -0.2) is 0 Å². The summed E-state index contributed by atoms with van der Waals surface area (Å²) in [4.78, 5) is 0. The summed E-state index contributed by atoms with van der Waals surface area (Å²) in [5.74, 6) is 1.81. The highest BCUT2D eigenvalue weighted by atomic mass is 14.9. The van der Waals surface area contributed by atoms with E-state index in [4.69, 9.17) is 0 Å². The van der Waals surface area contributed by atoms with Crippen LogP contribution in [-0.2, 0) is 0 Å². The molecule has 0 spiro atoms. The normalized spacial score (nSPS) is 24.6. The highest BCUT2D eigenvalue weighted by molar-refractivity contribution is 5.31. The second-order valence-corrected chi connectivity index (χ2v) is 6.76. The lowest BCUT2D eigenvalue weighted by Crippen LogP contribution is -2.29. The van der Waals surface area contributed by atoms with E-state index in [0.717, 1.165) is 11.8 Å². The first-order valence-corrected chi connectivity index (χ1v) is 8.39. The van der Waals surface area contributed by atoms with E-state index in [-0.39, 0.29) is 0 Å². The van der Waals surface area contributed by atoms with E-state index in [0.29, 0.717) is 6.04 Å². The summed E-state index contributed by atoms with van der Waals surface area (Å²) in [5.41, 5.74) is 4.27. The molecule has 1 nitrogen and oxygen atoms in total. The van der Waals surface area contributed by atoms with Gasteiger partial charge in [-0.3, -0.25) is 0 Å². The van der Waals surface area contributed by atoms with Crippen molar-refractivity contribution in [2.75, 3.05) is 7.05 Å². The second-order valence-electron chi connectivity index (χ2n) is 6.76. The third-order valence-electron chi connectivity index (χ3n) is 4.97. The van der Waals surface area contributed by atoms with Crippen molar-refractivity contribution in [1.82, 2.24) is 5.32 Å². The fourth-order valence-corrected chi connectivity index (χ4v) is 4.08. The van der Waals surface area contributed by atoms with Gasteiger partial charge < -0.3 is 5.32 Å². The molecule has 1 N–H and O–H groups in total. The molecule has 1 aliphatic carbocycles. The summed E-state index contributed by atoms with van der Waals surface area (Å²) in [5, 5.41) is 3.59. The van der Waals surface area contributed by atoms with Crippen LogP contribution in [0.15, 0.2) is 18.2 Å². The molecule has 1 aromatic rings. The van der Waals surface area contributed by atoms with Crippen molar-refractivity contribution >= 4 is 0 Å². The van der Waals surface area contributed by atoms with Crippen molar-refractivity contribution in [2.45, 2.75) is 65.3 Å². The molecule has 0 saturated heterocycles. The van der Waals surface area contributed by atoms with Crippen molar-refractivity contribution in [3.8, 4) is 0 Å². The van der Waals surface area contributed by atoms with Gasteiger partial charge in [-0.05, 0) is 51.1 Å². The molecular formula is C19H31N. The maximum absolute atomic E-state index is 3.59. The number of aryl methyl sites for hydroxylation is 2. The van der Waals surface area contributed by atoms with E-state index < -0.39 is 0 Å². The molecule has 1 atom stereocenters. The number of benzene rings is 1. The van der Waals surface area contributed by atoms with Crippen LogP contribution in [0.5, 0.6) is 0 Å². The van der Waals surface area contributed by atoms with Crippen LogP contribution in [0.25, 0.3) is 0 Å². The Morgan fingerprint density at radius 1 is 1.05 bits per heavy atom. The molecule has 112 valence electrons. The molecule has 20 heavy (non-hydrogen) atoms. The molecule has 1 fully saturated rings. The molecule has 1 saturated carbocycles. The smallest absolute Gasteiger partial charge is 0.0346 e. The predicted octanol–water partition coefficient (Wildman–Crippen LogP) is 5.17. The van der Waals surface area contributed by atoms with E-state index >= 15 is 0 Å². The monoisotopic (exact) mass is 273 g/mol. The fourth-order valence-electron chi connectivity index (χ4n) is 4.08. The third-order valence-corrected chi connectivity index (χ3v) is 4.97. The largest absolute Gasteiger partial charge is 0.313 e. The Balaban J connectivity index is 2.05. The minimum Gasteiger partial charge on any atom is -0.313 e. The fraction of sp³-hybridized carbons (Fsp3) is 0.684. The Bertz CT molecular complexity index is 396. The first kappa shape index (κ1) is 15.6. The van der Waals surface area contributed by atoms with Crippen LogP contribution in [-0.4, -0.2) is 7.05 Å². The molecule has 0 amide bonds. The number of hydrogen-bond donors (Lipinski definition) is 1. The van der Waals surface area contributed by atoms with Crippen molar-refractivity contribution in [2.24, 2.45) is 11.8 Å². The highest BCUT2D eigenvalue weighted by Crippen LogP contribution is 2.38. The molecule has 0 aromatic heterocycles. The topological polar surface area (TPSA) is 12.0 Å². The van der Waals surface area contributed by atoms with Crippen LogP contribution in [0.1, 0.15) is 68.2 Å². The SMILES string of the molecule is CCCC1CCC(C(NC)c2cc(C)cc(C)c2)CC1. The molecule has 0 radical (unpaired) electrons. The summed E-state index contributed by atoms with van der Waals surface area (Å²) in [6, 6.07) is 7.55. The van der Waals surface area contributed by atoms with Gasteiger partial charge in [0, 0.05) is 6.04 Å². The maximum Gasteiger partial charge on any atom is 0.0346 e. The summed E-state index contributed by atoms with van der Waals surface area (Å²) in [6.07, 6.45) is 8.43. The maximum atomic E-state index is 3.59. The Morgan fingerprint density at radius 2 is 1.65 bits per heavy atom. The van der Waals surface area contributed by atoms with Gasteiger partial charge in [0.15, 0.2) is 0 Å². The Kier molecular flexibility index (Phi) is 5.65. The van der Waals surface area contributed by atoms with Gasteiger partial charge in [0.05, 0.1) is 0 Å². The molecule has 1 aliphatic rings. The molecule has 0 aliphatic heterocycles. The van der Waals surface area contributed by atoms with Gasteiger partial charge in [-0.2, -0.15) is 0 Å². The van der Waals surface area contributed by atoms with Crippen molar-refractivity contribution in [3.05, 3.63) is 34.9 Å². The third kappa shape index (κ3) is 3.85. The van der Waals surface area contributed by atoms with Crippen LogP contribution in [0.4, 0.5) is 0 Å². The average molecular weight is 273 g/mol. The molecule has 2 rings (SSSR count). The zero-order valence-corrected chi connectivity index (χ0v) is 13.7. The van der Waals surface area contributed by atoms with E-state index in [1.165, 1.54) is 55.2 Å². The summed E-state index contributed by atoms with van der Waals surface area (Å²) >= 11 is 0. The molecule has 1 heteroatoms. The lowest BCUT2D eigenvalue weighted by atomic mass is 9.75.